The molecule has 1 aliphatic rings. The summed E-state index contributed by atoms with van der Waals surface area (Å²) in [6, 6.07) is 4.87. The average Bonchev–Trinajstić information content (AvgIpc) is 2.52. The van der Waals surface area contributed by atoms with Crippen LogP contribution in [-0.4, -0.2) is 63.0 Å². The Balaban J connectivity index is 1.77. The van der Waals surface area contributed by atoms with Crippen molar-refractivity contribution in [1.82, 2.24) is 10.2 Å². The molecule has 1 fully saturated rings. The van der Waals surface area contributed by atoms with Crippen molar-refractivity contribution in [3.8, 4) is 5.75 Å². The largest absolute Gasteiger partial charge is 0.481 e. The van der Waals surface area contributed by atoms with Gasteiger partial charge in [-0.2, -0.15) is 0 Å². The van der Waals surface area contributed by atoms with Crippen molar-refractivity contribution in [3.05, 3.63) is 28.2 Å². The lowest BCUT2D eigenvalue weighted by Crippen LogP contribution is -2.48. The Labute approximate surface area is 164 Å². The Bertz CT molecular complexity index is 714. The highest BCUT2D eigenvalue weighted by molar-refractivity contribution is 7.90. The van der Waals surface area contributed by atoms with Crippen molar-refractivity contribution in [1.29, 1.82) is 0 Å². The van der Waals surface area contributed by atoms with E-state index >= 15 is 0 Å². The van der Waals surface area contributed by atoms with Crippen molar-refractivity contribution in [3.63, 3.8) is 0 Å². The Kier molecular flexibility index (Phi) is 7.58. The number of halogens is 2. The van der Waals surface area contributed by atoms with Crippen LogP contribution in [-0.2, 0) is 14.6 Å². The number of likely N-dealkylation sites (tertiary alicyclic amines) is 1. The zero-order valence-corrected chi connectivity index (χ0v) is 17.2. The number of nitrogens with zero attached hydrogens (tertiary/aromatic N) is 1. The van der Waals surface area contributed by atoms with Gasteiger partial charge in [-0.05, 0) is 38.0 Å². The Morgan fingerprint density at radius 2 is 1.85 bits per heavy atom. The molecule has 1 aliphatic heterocycles. The number of nitrogens with one attached hydrogen (secondary N) is 1. The number of benzene rings is 1. The van der Waals surface area contributed by atoms with E-state index in [0.717, 1.165) is 25.9 Å². The van der Waals surface area contributed by atoms with Gasteiger partial charge in [0.05, 0.1) is 5.75 Å². The molecule has 0 bridgehead atoms. The lowest BCUT2D eigenvalue weighted by Gasteiger charge is -2.32. The summed E-state index contributed by atoms with van der Waals surface area (Å²) < 4.78 is 28.1. The lowest BCUT2D eigenvalue weighted by atomic mass is 10.0. The number of amides is 1. The number of carbonyl (C=O) groups excluding carboxylic acids is 1. The van der Waals surface area contributed by atoms with Crippen LogP contribution in [0.2, 0.25) is 10.0 Å². The number of hydrogen-bond acceptors (Lipinski definition) is 5. The van der Waals surface area contributed by atoms with Crippen LogP contribution in [0.15, 0.2) is 18.2 Å². The van der Waals surface area contributed by atoms with Gasteiger partial charge in [0.25, 0.3) is 5.91 Å². The molecule has 1 unspecified atom stereocenters. The third-order valence-corrected chi connectivity index (χ3v) is 5.59. The lowest BCUT2D eigenvalue weighted by molar-refractivity contribution is -0.128. The summed E-state index contributed by atoms with van der Waals surface area (Å²) >= 11 is 11.9. The molecule has 146 valence electrons. The summed E-state index contributed by atoms with van der Waals surface area (Å²) in [6.07, 6.45) is 2.14. The highest BCUT2D eigenvalue weighted by Gasteiger charge is 2.24. The average molecular weight is 423 g/mol. The maximum Gasteiger partial charge on any atom is 0.260 e. The predicted octanol–water partition coefficient (Wildman–Crippen LogP) is 2.39. The van der Waals surface area contributed by atoms with Crippen LogP contribution in [0.25, 0.3) is 0 Å². The molecule has 1 N–H and O–H groups in total. The van der Waals surface area contributed by atoms with Crippen LogP contribution in [0.5, 0.6) is 5.75 Å². The van der Waals surface area contributed by atoms with Crippen LogP contribution < -0.4 is 10.1 Å². The topological polar surface area (TPSA) is 75.7 Å². The van der Waals surface area contributed by atoms with E-state index in [1.165, 1.54) is 6.26 Å². The fourth-order valence-electron chi connectivity index (χ4n) is 2.77. The second-order valence-electron chi connectivity index (χ2n) is 6.62. The van der Waals surface area contributed by atoms with Gasteiger partial charge >= 0.3 is 0 Å². The number of hydrogen-bond donors (Lipinski definition) is 1. The first-order chi connectivity index (χ1) is 12.1. The molecule has 1 heterocycles. The first-order valence-corrected chi connectivity index (χ1v) is 11.3. The summed E-state index contributed by atoms with van der Waals surface area (Å²) in [5.41, 5.74) is 0. The van der Waals surface area contributed by atoms with Gasteiger partial charge in [-0.3, -0.25) is 4.79 Å². The second-order valence-corrected chi connectivity index (χ2v) is 9.75. The number of ether oxygens (including phenoxy) is 1. The molecule has 0 aromatic heterocycles. The molecule has 2 rings (SSSR count). The Hall–Kier alpha value is -1.02. The summed E-state index contributed by atoms with van der Waals surface area (Å²) in [5, 5.41) is 3.88. The van der Waals surface area contributed by atoms with E-state index in [0.29, 0.717) is 22.3 Å². The van der Waals surface area contributed by atoms with Crippen molar-refractivity contribution < 1.29 is 17.9 Å². The first kappa shape index (κ1) is 21.3. The number of carbonyl (C=O) groups is 1. The van der Waals surface area contributed by atoms with Crippen molar-refractivity contribution in [2.24, 2.45) is 0 Å². The molecule has 1 amide bonds. The third kappa shape index (κ3) is 7.31. The quantitative estimate of drug-likeness (QED) is 0.729. The van der Waals surface area contributed by atoms with E-state index in [1.807, 2.05) is 0 Å². The van der Waals surface area contributed by atoms with Crippen LogP contribution in [0.3, 0.4) is 0 Å². The summed E-state index contributed by atoms with van der Waals surface area (Å²) in [6.45, 7) is 3.74. The van der Waals surface area contributed by atoms with Gasteiger partial charge < -0.3 is 15.0 Å². The van der Waals surface area contributed by atoms with Crippen LogP contribution >= 0.6 is 23.2 Å². The van der Waals surface area contributed by atoms with Crippen LogP contribution in [0.4, 0.5) is 0 Å². The molecular formula is C17H24Cl2N2O4S. The Morgan fingerprint density at radius 1 is 1.27 bits per heavy atom. The zero-order chi connectivity index (χ0) is 19.3. The highest BCUT2D eigenvalue weighted by Crippen LogP contribution is 2.25. The second kappa shape index (κ2) is 9.26. The van der Waals surface area contributed by atoms with Crippen molar-refractivity contribution in [2.45, 2.75) is 31.9 Å². The number of rotatable bonds is 7. The summed E-state index contributed by atoms with van der Waals surface area (Å²) in [5.74, 6) is 0.410. The maximum absolute atomic E-state index is 12.3. The van der Waals surface area contributed by atoms with Gasteiger partial charge in [-0.1, -0.05) is 23.2 Å². The van der Waals surface area contributed by atoms with Gasteiger partial charge in [0.15, 0.2) is 6.10 Å². The standard InChI is InChI=1S/C17H24Cl2N2O4S/c1-12(25-16-10-13(18)9-14(19)11-16)17(22)20-15-3-5-21(6-4-15)7-8-26(2,23)24/h9-12,15H,3-8H2,1-2H3,(H,20,22). The number of piperidine rings is 1. The van der Waals surface area contributed by atoms with Crippen LogP contribution in [0, 0.1) is 0 Å². The van der Waals surface area contributed by atoms with Gasteiger partial charge in [0.1, 0.15) is 15.6 Å². The van der Waals surface area contributed by atoms with Gasteiger partial charge in [-0.25, -0.2) is 8.42 Å². The van der Waals surface area contributed by atoms with Gasteiger partial charge in [0, 0.05) is 42.0 Å². The molecule has 1 aromatic rings. The van der Waals surface area contributed by atoms with Crippen molar-refractivity contribution >= 4 is 38.9 Å². The fourth-order valence-corrected chi connectivity index (χ4v) is 3.86. The molecule has 0 aliphatic carbocycles. The monoisotopic (exact) mass is 422 g/mol. The normalized spacial score (nSPS) is 17.7. The fraction of sp³-hybridized carbons (Fsp3) is 0.588. The third-order valence-electron chi connectivity index (χ3n) is 4.23. The number of sulfone groups is 1. The van der Waals surface area contributed by atoms with E-state index in [2.05, 4.69) is 10.2 Å². The van der Waals surface area contributed by atoms with E-state index in [4.69, 9.17) is 27.9 Å². The van der Waals surface area contributed by atoms with Crippen LogP contribution in [0.1, 0.15) is 19.8 Å². The molecule has 6 nitrogen and oxygen atoms in total. The molecular weight excluding hydrogens is 399 g/mol. The smallest absolute Gasteiger partial charge is 0.260 e. The van der Waals surface area contributed by atoms with Gasteiger partial charge in [-0.15, -0.1) is 0 Å². The first-order valence-electron chi connectivity index (χ1n) is 8.45. The summed E-state index contributed by atoms with van der Waals surface area (Å²) in [7, 11) is -2.95. The van der Waals surface area contributed by atoms with E-state index < -0.39 is 15.9 Å². The molecule has 0 saturated carbocycles. The van der Waals surface area contributed by atoms with E-state index in [-0.39, 0.29) is 17.7 Å². The molecule has 1 aromatic carbocycles. The predicted molar refractivity (Wildman–Crippen MR) is 104 cm³/mol. The minimum atomic E-state index is -2.95. The van der Waals surface area contributed by atoms with E-state index in [1.54, 1.807) is 25.1 Å². The summed E-state index contributed by atoms with van der Waals surface area (Å²) in [4.78, 5) is 14.4. The Morgan fingerprint density at radius 3 is 2.38 bits per heavy atom. The van der Waals surface area contributed by atoms with Crippen molar-refractivity contribution in [2.75, 3.05) is 31.6 Å². The molecule has 0 radical (unpaired) electrons. The maximum atomic E-state index is 12.3. The van der Waals surface area contributed by atoms with E-state index in [9.17, 15) is 13.2 Å². The molecule has 9 heteroatoms. The molecule has 0 spiro atoms. The highest BCUT2D eigenvalue weighted by atomic mass is 35.5. The molecule has 1 atom stereocenters. The van der Waals surface area contributed by atoms with Gasteiger partial charge in [0.2, 0.25) is 0 Å². The zero-order valence-electron chi connectivity index (χ0n) is 14.9. The minimum absolute atomic E-state index is 0.0611. The molecule has 1 saturated heterocycles. The minimum Gasteiger partial charge on any atom is -0.481 e. The molecule has 26 heavy (non-hydrogen) atoms. The SMILES string of the molecule is CC(Oc1cc(Cl)cc(Cl)c1)C(=O)NC1CCN(CCS(C)(=O)=O)CC1.